The maximum absolute atomic E-state index is 12.0. The van der Waals surface area contributed by atoms with E-state index in [2.05, 4.69) is 10.6 Å². The molecule has 1 heterocycles. The van der Waals surface area contributed by atoms with E-state index in [0.717, 1.165) is 10.4 Å². The number of rotatable bonds is 5. The van der Waals surface area contributed by atoms with Crippen molar-refractivity contribution in [3.05, 3.63) is 45.1 Å². The lowest BCUT2D eigenvalue weighted by Crippen LogP contribution is -2.37. The Kier molecular flexibility index (Phi) is 6.19. The van der Waals surface area contributed by atoms with Crippen LogP contribution in [-0.4, -0.2) is 30.6 Å². The minimum absolute atomic E-state index is 0.0553. The Bertz CT molecular complexity index is 747. The van der Waals surface area contributed by atoms with Gasteiger partial charge in [0.1, 0.15) is 11.9 Å². The van der Waals surface area contributed by atoms with Crippen LogP contribution in [0.25, 0.3) is 0 Å². The number of aliphatic hydroxyl groups is 1. The second-order valence-electron chi connectivity index (χ2n) is 4.99. The maximum atomic E-state index is 12.0. The summed E-state index contributed by atoms with van der Waals surface area (Å²) in [7, 11) is 1.44. The fourth-order valence-corrected chi connectivity index (χ4v) is 3.13. The molecule has 0 aliphatic heterocycles. The third-order valence-electron chi connectivity index (χ3n) is 3.28. The molecule has 2 rings (SSSR count). The van der Waals surface area contributed by atoms with Gasteiger partial charge in [-0.25, -0.2) is 0 Å². The molecule has 1 aromatic carbocycles. The van der Waals surface area contributed by atoms with Crippen molar-refractivity contribution in [2.24, 2.45) is 0 Å². The number of anilines is 1. The molecule has 0 bridgehead atoms. The number of ether oxygens (including phenoxy) is 1. The number of thiophene rings is 1. The Balaban J connectivity index is 1.94. The minimum atomic E-state index is -0.870. The number of carbonyl (C=O) groups is 2. The van der Waals surface area contributed by atoms with Crippen molar-refractivity contribution in [2.45, 2.75) is 13.0 Å². The summed E-state index contributed by atoms with van der Waals surface area (Å²) in [5, 5.41) is 17.1. The van der Waals surface area contributed by atoms with Gasteiger partial charge in [0.15, 0.2) is 0 Å². The van der Waals surface area contributed by atoms with Gasteiger partial charge in [-0.2, -0.15) is 0 Å². The Morgan fingerprint density at radius 3 is 2.71 bits per heavy atom. The SMILES string of the molecule is COc1ccc(Cl)cc1NC(=O)C(=O)NC[C@H](O)c1sccc1C. The number of hydrogen-bond donors (Lipinski definition) is 3. The van der Waals surface area contributed by atoms with Gasteiger partial charge < -0.3 is 20.5 Å². The summed E-state index contributed by atoms with van der Waals surface area (Å²) in [6.45, 7) is 1.81. The number of aryl methyl sites for hydroxylation is 1. The molecule has 2 amide bonds. The molecule has 0 aliphatic rings. The van der Waals surface area contributed by atoms with Crippen molar-refractivity contribution >= 4 is 40.4 Å². The normalized spacial score (nSPS) is 11.7. The van der Waals surface area contributed by atoms with E-state index in [0.29, 0.717) is 16.5 Å². The van der Waals surface area contributed by atoms with Crippen molar-refractivity contribution in [3.8, 4) is 5.75 Å². The largest absolute Gasteiger partial charge is 0.495 e. The zero-order valence-electron chi connectivity index (χ0n) is 13.1. The van der Waals surface area contributed by atoms with E-state index in [4.69, 9.17) is 16.3 Å². The molecule has 0 unspecified atom stereocenters. The van der Waals surface area contributed by atoms with Crippen LogP contribution in [0, 0.1) is 6.92 Å². The summed E-state index contributed by atoms with van der Waals surface area (Å²) in [6, 6.07) is 6.55. The molecule has 8 heteroatoms. The van der Waals surface area contributed by atoms with Crippen molar-refractivity contribution in [3.63, 3.8) is 0 Å². The first kappa shape index (κ1) is 18.3. The number of carbonyl (C=O) groups excluding carboxylic acids is 2. The van der Waals surface area contributed by atoms with Crippen LogP contribution in [0.1, 0.15) is 16.5 Å². The van der Waals surface area contributed by atoms with Gasteiger partial charge in [-0.15, -0.1) is 11.3 Å². The molecule has 0 saturated heterocycles. The van der Waals surface area contributed by atoms with Gasteiger partial charge in [0, 0.05) is 16.4 Å². The monoisotopic (exact) mass is 368 g/mol. The average molecular weight is 369 g/mol. The van der Waals surface area contributed by atoms with Crippen molar-refractivity contribution in [1.82, 2.24) is 5.32 Å². The van der Waals surface area contributed by atoms with E-state index < -0.39 is 17.9 Å². The van der Waals surface area contributed by atoms with E-state index >= 15 is 0 Å². The van der Waals surface area contributed by atoms with E-state index in [1.54, 1.807) is 12.1 Å². The smallest absolute Gasteiger partial charge is 0.313 e. The van der Waals surface area contributed by atoms with Crippen LogP contribution in [0.5, 0.6) is 5.75 Å². The lowest BCUT2D eigenvalue weighted by molar-refractivity contribution is -0.136. The number of benzene rings is 1. The first-order chi connectivity index (χ1) is 11.4. The second-order valence-corrected chi connectivity index (χ2v) is 6.38. The zero-order valence-corrected chi connectivity index (χ0v) is 14.7. The van der Waals surface area contributed by atoms with Crippen LogP contribution < -0.4 is 15.4 Å². The van der Waals surface area contributed by atoms with Gasteiger partial charge in [-0.05, 0) is 42.1 Å². The molecule has 3 N–H and O–H groups in total. The number of halogens is 1. The number of methoxy groups -OCH3 is 1. The molecule has 1 aromatic heterocycles. The summed E-state index contributed by atoms with van der Waals surface area (Å²) in [5.74, 6) is -1.34. The first-order valence-electron chi connectivity index (χ1n) is 7.07. The molecule has 0 saturated carbocycles. The molecule has 0 fully saturated rings. The lowest BCUT2D eigenvalue weighted by atomic mass is 10.2. The van der Waals surface area contributed by atoms with Gasteiger partial charge in [0.25, 0.3) is 0 Å². The highest BCUT2D eigenvalue weighted by atomic mass is 35.5. The fraction of sp³-hybridized carbons (Fsp3) is 0.250. The predicted octanol–water partition coefficient (Wildman–Crippen LogP) is 2.51. The Labute approximate surface area is 148 Å². The molecular weight excluding hydrogens is 352 g/mol. The molecule has 0 aliphatic carbocycles. The second kappa shape index (κ2) is 8.14. The molecular formula is C16H17ClN2O4S. The third kappa shape index (κ3) is 4.47. The van der Waals surface area contributed by atoms with Gasteiger partial charge in [0.2, 0.25) is 0 Å². The van der Waals surface area contributed by atoms with Crippen LogP contribution in [0.4, 0.5) is 5.69 Å². The topological polar surface area (TPSA) is 87.7 Å². The van der Waals surface area contributed by atoms with Crippen LogP contribution in [0.3, 0.4) is 0 Å². The molecule has 1 atom stereocenters. The van der Waals surface area contributed by atoms with Crippen LogP contribution in [0.2, 0.25) is 5.02 Å². The highest BCUT2D eigenvalue weighted by molar-refractivity contribution is 7.10. The Morgan fingerprint density at radius 1 is 1.33 bits per heavy atom. The molecule has 24 heavy (non-hydrogen) atoms. The standard InChI is InChI=1S/C16H17ClN2O4S/c1-9-5-6-24-14(9)12(20)8-18-15(21)16(22)19-11-7-10(17)3-4-13(11)23-2/h3-7,12,20H,8H2,1-2H3,(H,18,21)(H,19,22)/t12-/m0/s1. The third-order valence-corrected chi connectivity index (χ3v) is 4.63. The highest BCUT2D eigenvalue weighted by Crippen LogP contribution is 2.27. The van der Waals surface area contributed by atoms with E-state index in [-0.39, 0.29) is 6.54 Å². The van der Waals surface area contributed by atoms with Crippen LogP contribution >= 0.6 is 22.9 Å². The van der Waals surface area contributed by atoms with Crippen LogP contribution in [-0.2, 0) is 9.59 Å². The van der Waals surface area contributed by atoms with Crippen molar-refractivity contribution < 1.29 is 19.4 Å². The number of nitrogens with one attached hydrogen (secondary N) is 2. The van der Waals surface area contributed by atoms with E-state index in [1.165, 1.54) is 24.5 Å². The summed E-state index contributed by atoms with van der Waals surface area (Å²) in [6.07, 6.45) is -0.859. The minimum Gasteiger partial charge on any atom is -0.495 e. The number of hydrogen-bond acceptors (Lipinski definition) is 5. The molecule has 0 radical (unpaired) electrons. The predicted molar refractivity (Wildman–Crippen MR) is 93.7 cm³/mol. The van der Waals surface area contributed by atoms with Gasteiger partial charge >= 0.3 is 11.8 Å². The Morgan fingerprint density at radius 2 is 2.08 bits per heavy atom. The average Bonchev–Trinajstić information content (AvgIpc) is 2.98. The molecule has 0 spiro atoms. The Hall–Kier alpha value is -2.09. The number of amides is 2. The molecule has 2 aromatic rings. The van der Waals surface area contributed by atoms with E-state index in [1.807, 2.05) is 18.4 Å². The summed E-state index contributed by atoms with van der Waals surface area (Å²) in [5.41, 5.74) is 1.23. The summed E-state index contributed by atoms with van der Waals surface area (Å²) in [4.78, 5) is 24.6. The van der Waals surface area contributed by atoms with Crippen molar-refractivity contribution in [2.75, 3.05) is 19.0 Å². The fourth-order valence-electron chi connectivity index (χ4n) is 2.05. The first-order valence-corrected chi connectivity index (χ1v) is 8.33. The van der Waals surface area contributed by atoms with Gasteiger partial charge in [-0.1, -0.05) is 11.6 Å². The summed E-state index contributed by atoms with van der Waals surface area (Å²) >= 11 is 7.27. The van der Waals surface area contributed by atoms with E-state index in [9.17, 15) is 14.7 Å². The van der Waals surface area contributed by atoms with Gasteiger partial charge in [-0.3, -0.25) is 9.59 Å². The lowest BCUT2D eigenvalue weighted by Gasteiger charge is -2.13. The number of aliphatic hydroxyl groups excluding tert-OH is 1. The highest BCUT2D eigenvalue weighted by Gasteiger charge is 2.19. The maximum Gasteiger partial charge on any atom is 0.313 e. The summed E-state index contributed by atoms with van der Waals surface area (Å²) < 4.78 is 5.10. The molecule has 6 nitrogen and oxygen atoms in total. The van der Waals surface area contributed by atoms with Crippen molar-refractivity contribution in [1.29, 1.82) is 0 Å². The molecule has 128 valence electrons. The quantitative estimate of drug-likeness (QED) is 0.707. The van der Waals surface area contributed by atoms with Crippen LogP contribution in [0.15, 0.2) is 29.6 Å². The van der Waals surface area contributed by atoms with Gasteiger partial charge in [0.05, 0.1) is 12.8 Å². The zero-order chi connectivity index (χ0) is 17.7.